The van der Waals surface area contributed by atoms with Crippen molar-refractivity contribution in [2.75, 3.05) is 12.3 Å². The predicted molar refractivity (Wildman–Crippen MR) is 112 cm³/mol. The average Bonchev–Trinajstić information content (AvgIpc) is 2.91. The molecule has 28 heavy (non-hydrogen) atoms. The normalized spacial score (nSPS) is 11.9. The van der Waals surface area contributed by atoms with Gasteiger partial charge in [0.15, 0.2) is 17.4 Å². The van der Waals surface area contributed by atoms with Crippen molar-refractivity contribution >= 4 is 40.7 Å². The number of nitrogens with zero attached hydrogens (tertiary/aromatic N) is 2. The second-order valence-corrected chi connectivity index (χ2v) is 14.2. The van der Waals surface area contributed by atoms with Crippen LogP contribution in [0.3, 0.4) is 0 Å². The molecule has 0 saturated heterocycles. The van der Waals surface area contributed by atoms with Gasteiger partial charge in [-0.3, -0.25) is 0 Å². The molecule has 0 radical (unpaired) electrons. The Morgan fingerprint density at radius 3 is 2.54 bits per heavy atom. The van der Waals surface area contributed by atoms with Gasteiger partial charge in [-0.15, -0.1) is 0 Å². The number of hydrogen-bond acceptors (Lipinski definition) is 4. The van der Waals surface area contributed by atoms with Crippen LogP contribution in [0.15, 0.2) is 35.1 Å². The fraction of sp³-hybridized carbons (Fsp3) is 0.316. The number of hydrogen-bond donors (Lipinski definition) is 1. The highest BCUT2D eigenvalue weighted by Crippen LogP contribution is 2.37. The number of ether oxygens (including phenoxy) is 2. The van der Waals surface area contributed by atoms with Gasteiger partial charge in [-0.2, -0.15) is 0 Å². The highest BCUT2D eigenvalue weighted by Gasteiger charge is 2.18. The Kier molecular flexibility index (Phi) is 6.06. The Hall–Kier alpha value is -1.97. The second kappa shape index (κ2) is 8.18. The van der Waals surface area contributed by atoms with E-state index in [9.17, 15) is 8.78 Å². The van der Waals surface area contributed by atoms with Crippen LogP contribution in [0.2, 0.25) is 25.7 Å². The number of halogens is 3. The zero-order chi connectivity index (χ0) is 20.5. The largest absolute Gasteiger partial charge is 0.450 e. The number of anilines is 1. The third kappa shape index (κ3) is 4.71. The molecule has 3 aromatic rings. The van der Waals surface area contributed by atoms with E-state index in [1.807, 2.05) is 10.8 Å². The van der Waals surface area contributed by atoms with Gasteiger partial charge >= 0.3 is 0 Å². The highest BCUT2D eigenvalue weighted by molar-refractivity contribution is 9.10. The van der Waals surface area contributed by atoms with Crippen molar-refractivity contribution in [3.8, 4) is 11.5 Å². The highest BCUT2D eigenvalue weighted by atomic mass is 79.9. The van der Waals surface area contributed by atoms with Gasteiger partial charge in [0.05, 0.1) is 5.39 Å². The molecule has 2 heterocycles. The monoisotopic (exact) mass is 469 g/mol. The summed E-state index contributed by atoms with van der Waals surface area (Å²) < 4.78 is 42.1. The third-order valence-electron chi connectivity index (χ3n) is 4.13. The Morgan fingerprint density at radius 2 is 1.89 bits per heavy atom. The molecule has 3 rings (SSSR count). The van der Waals surface area contributed by atoms with Gasteiger partial charge in [-0.25, -0.2) is 13.8 Å². The van der Waals surface area contributed by atoms with Crippen molar-refractivity contribution in [3.63, 3.8) is 0 Å². The van der Waals surface area contributed by atoms with Crippen LogP contribution in [0.4, 0.5) is 14.5 Å². The Labute approximate surface area is 171 Å². The maximum atomic E-state index is 14.1. The van der Waals surface area contributed by atoms with E-state index in [1.54, 1.807) is 6.07 Å². The molecule has 150 valence electrons. The molecule has 5 nitrogen and oxygen atoms in total. The minimum Gasteiger partial charge on any atom is -0.450 e. The molecule has 0 aliphatic heterocycles. The Bertz CT molecular complexity index is 982. The standard InChI is InChI=1S/C19H22BrF2N3O2Si/c1-28(2,3)7-6-26-11-25-10-13(20)17-16(4-5-24-19(17)25)27-18-14(21)8-12(23)9-15(18)22/h4-5,8-10H,6-7,11,23H2,1-3H3. The van der Waals surface area contributed by atoms with Gasteiger partial charge in [0.1, 0.15) is 18.1 Å². The van der Waals surface area contributed by atoms with Crippen LogP contribution < -0.4 is 10.5 Å². The first-order valence-corrected chi connectivity index (χ1v) is 13.3. The van der Waals surface area contributed by atoms with Crippen molar-refractivity contribution in [2.45, 2.75) is 32.4 Å². The van der Waals surface area contributed by atoms with Crippen LogP contribution in [0.25, 0.3) is 11.0 Å². The predicted octanol–water partition coefficient (Wildman–Crippen LogP) is 5.76. The molecular weight excluding hydrogens is 448 g/mol. The van der Waals surface area contributed by atoms with Crippen LogP contribution in [0, 0.1) is 11.6 Å². The molecule has 9 heteroatoms. The molecule has 0 aliphatic rings. The molecule has 0 atom stereocenters. The van der Waals surface area contributed by atoms with Gasteiger partial charge in [-0.05, 0) is 28.0 Å². The minimum atomic E-state index is -1.17. The Morgan fingerprint density at radius 1 is 1.21 bits per heavy atom. The van der Waals surface area contributed by atoms with Crippen molar-refractivity contribution in [2.24, 2.45) is 0 Å². The van der Waals surface area contributed by atoms with Gasteiger partial charge in [-0.1, -0.05) is 19.6 Å². The summed E-state index contributed by atoms with van der Waals surface area (Å²) in [6, 6.07) is 4.65. The molecule has 0 fully saturated rings. The van der Waals surface area contributed by atoms with Crippen LogP contribution in [-0.4, -0.2) is 24.2 Å². The first-order chi connectivity index (χ1) is 13.2. The van der Waals surface area contributed by atoms with Gasteiger partial charge in [0.25, 0.3) is 0 Å². The summed E-state index contributed by atoms with van der Waals surface area (Å²) in [5.74, 6) is -1.96. The van der Waals surface area contributed by atoms with E-state index in [4.69, 9.17) is 15.2 Å². The Balaban J connectivity index is 1.87. The molecule has 0 spiro atoms. The summed E-state index contributed by atoms with van der Waals surface area (Å²) in [6.07, 6.45) is 3.34. The van der Waals surface area contributed by atoms with Crippen molar-refractivity contribution in [3.05, 3.63) is 46.7 Å². The van der Waals surface area contributed by atoms with Crippen molar-refractivity contribution in [1.82, 2.24) is 9.55 Å². The van der Waals surface area contributed by atoms with Crippen molar-refractivity contribution in [1.29, 1.82) is 0 Å². The van der Waals surface area contributed by atoms with Gasteiger partial charge < -0.3 is 19.8 Å². The van der Waals surface area contributed by atoms with E-state index in [1.165, 1.54) is 6.20 Å². The summed E-state index contributed by atoms with van der Waals surface area (Å²) >= 11 is 3.47. The zero-order valence-electron chi connectivity index (χ0n) is 15.9. The van der Waals surface area contributed by atoms with E-state index in [-0.39, 0.29) is 11.4 Å². The minimum absolute atomic E-state index is 0.00924. The number of nitrogens with two attached hydrogens (primary N) is 1. The molecule has 2 aromatic heterocycles. The molecule has 2 N–H and O–H groups in total. The van der Waals surface area contributed by atoms with E-state index in [0.717, 1.165) is 18.2 Å². The lowest BCUT2D eigenvalue weighted by atomic mass is 10.2. The van der Waals surface area contributed by atoms with Crippen LogP contribution in [0.1, 0.15) is 0 Å². The molecule has 0 amide bonds. The van der Waals surface area contributed by atoms with E-state index in [2.05, 4.69) is 40.6 Å². The zero-order valence-corrected chi connectivity index (χ0v) is 18.5. The summed E-state index contributed by atoms with van der Waals surface area (Å²) in [6.45, 7) is 7.87. The van der Waals surface area contributed by atoms with Crippen LogP contribution in [-0.2, 0) is 11.5 Å². The lowest BCUT2D eigenvalue weighted by Gasteiger charge is -2.15. The lowest BCUT2D eigenvalue weighted by molar-refractivity contribution is 0.0898. The van der Waals surface area contributed by atoms with E-state index >= 15 is 0 Å². The number of nitrogen functional groups attached to an aromatic ring is 1. The maximum absolute atomic E-state index is 14.1. The lowest BCUT2D eigenvalue weighted by Crippen LogP contribution is -2.22. The summed E-state index contributed by atoms with van der Waals surface area (Å²) in [4.78, 5) is 4.36. The van der Waals surface area contributed by atoms with Gasteiger partial charge in [0.2, 0.25) is 0 Å². The first kappa shape index (κ1) is 20.8. The van der Waals surface area contributed by atoms with Crippen LogP contribution >= 0.6 is 15.9 Å². The number of rotatable bonds is 7. The first-order valence-electron chi connectivity index (χ1n) is 8.79. The summed E-state index contributed by atoms with van der Waals surface area (Å²) in [5, 5.41) is 0.604. The fourth-order valence-electron chi connectivity index (χ4n) is 2.65. The summed E-state index contributed by atoms with van der Waals surface area (Å²) in [5.41, 5.74) is 6.04. The molecule has 0 saturated carbocycles. The quantitative estimate of drug-likeness (QED) is 0.271. The number of pyridine rings is 1. The van der Waals surface area contributed by atoms with Crippen LogP contribution in [0.5, 0.6) is 11.5 Å². The average molecular weight is 470 g/mol. The smallest absolute Gasteiger partial charge is 0.198 e. The third-order valence-corrected chi connectivity index (χ3v) is 6.44. The maximum Gasteiger partial charge on any atom is 0.198 e. The fourth-order valence-corrected chi connectivity index (χ4v) is 4.03. The molecular formula is C19H22BrF2N3O2Si. The molecule has 1 aromatic carbocycles. The summed E-state index contributed by atoms with van der Waals surface area (Å²) in [7, 11) is -1.17. The van der Waals surface area contributed by atoms with E-state index in [0.29, 0.717) is 28.8 Å². The molecule has 0 aliphatic carbocycles. The number of benzene rings is 1. The number of fused-ring (bicyclic) bond motifs is 1. The topological polar surface area (TPSA) is 62.3 Å². The molecule has 0 unspecified atom stereocenters. The van der Waals surface area contributed by atoms with E-state index < -0.39 is 25.5 Å². The van der Waals surface area contributed by atoms with Gasteiger partial charge in [0, 0.05) is 49.4 Å². The molecule has 0 bridgehead atoms. The van der Waals surface area contributed by atoms with Crippen molar-refractivity contribution < 1.29 is 18.3 Å². The number of aromatic nitrogens is 2. The SMILES string of the molecule is C[Si](C)(C)CCOCn1cc(Br)c2c(Oc3c(F)cc(N)cc3F)ccnc21. The second-order valence-electron chi connectivity index (χ2n) is 7.72.